The monoisotopic (exact) mass is 498 g/mol. The Morgan fingerprint density at radius 2 is 1.17 bits per heavy atom. The van der Waals surface area contributed by atoms with Crippen LogP contribution in [0.25, 0.3) is 0 Å². The van der Waals surface area contributed by atoms with Gasteiger partial charge in [0.05, 0.1) is 43.2 Å². The van der Waals surface area contributed by atoms with Gasteiger partial charge in [-0.05, 0) is 26.3 Å². The molecule has 1 aromatic rings. The minimum absolute atomic E-state index is 0.0894. The molecule has 0 bridgehead atoms. The van der Waals surface area contributed by atoms with Crippen LogP contribution in [-0.2, 0) is 35.0 Å². The Labute approximate surface area is 205 Å². The predicted molar refractivity (Wildman–Crippen MR) is 122 cm³/mol. The van der Waals surface area contributed by atoms with Gasteiger partial charge in [0.15, 0.2) is 18.9 Å². The van der Waals surface area contributed by atoms with Gasteiger partial charge in [-0.1, -0.05) is 30.3 Å². The first-order chi connectivity index (χ1) is 16.7. The normalized spacial score (nSPS) is 44.8. The molecule has 10 nitrogen and oxygen atoms in total. The molecule has 3 aliphatic heterocycles. The average Bonchev–Trinajstić information content (AvgIpc) is 2.83. The lowest BCUT2D eigenvalue weighted by atomic mass is 9.99. The number of aliphatic hydroxyl groups excluding tert-OH is 4. The van der Waals surface area contributed by atoms with E-state index in [4.69, 9.17) is 28.4 Å². The van der Waals surface area contributed by atoms with Crippen molar-refractivity contribution in [3.8, 4) is 0 Å². The van der Waals surface area contributed by atoms with Gasteiger partial charge in [-0.25, -0.2) is 0 Å². The molecule has 3 heterocycles. The fourth-order valence-corrected chi connectivity index (χ4v) is 4.75. The second-order valence-electron chi connectivity index (χ2n) is 9.70. The first-order valence-corrected chi connectivity index (χ1v) is 12.4. The molecule has 4 rings (SSSR count). The van der Waals surface area contributed by atoms with Crippen LogP contribution >= 0.6 is 0 Å². The standard InChI is InChI=1S/C25H38O10/c1-13-23(27)17(26)9-21(32-13)34-19-11-22(33-15(3)25(19)29)35-18-10-20(31-14(2)24(18)28)30-12-16-7-5-4-6-8-16/h4-8,13-15,17-29H,9-12H2,1-3H3/t13-,14-,15-,17+,18+,19+,20+,21-,22-,23-,24-,25-/m0/s1. The van der Waals surface area contributed by atoms with Crippen LogP contribution in [0.15, 0.2) is 30.3 Å². The maximum Gasteiger partial charge on any atom is 0.161 e. The van der Waals surface area contributed by atoms with Crippen LogP contribution in [0.2, 0.25) is 0 Å². The fraction of sp³-hybridized carbons (Fsp3) is 0.760. The van der Waals surface area contributed by atoms with Crippen LogP contribution in [0.1, 0.15) is 45.6 Å². The van der Waals surface area contributed by atoms with Crippen molar-refractivity contribution in [3.63, 3.8) is 0 Å². The smallest absolute Gasteiger partial charge is 0.161 e. The van der Waals surface area contributed by atoms with Crippen molar-refractivity contribution in [1.82, 2.24) is 0 Å². The summed E-state index contributed by atoms with van der Waals surface area (Å²) in [5, 5.41) is 41.3. The molecule has 4 N–H and O–H groups in total. The van der Waals surface area contributed by atoms with Crippen LogP contribution in [0.5, 0.6) is 0 Å². The Balaban J connectivity index is 1.34. The third kappa shape index (κ3) is 6.78. The van der Waals surface area contributed by atoms with E-state index < -0.39 is 73.8 Å². The molecule has 3 aliphatic rings. The quantitative estimate of drug-likeness (QED) is 0.428. The summed E-state index contributed by atoms with van der Waals surface area (Å²) in [4.78, 5) is 0. The molecule has 3 fully saturated rings. The largest absolute Gasteiger partial charge is 0.390 e. The summed E-state index contributed by atoms with van der Waals surface area (Å²) < 4.78 is 35.3. The highest BCUT2D eigenvalue weighted by atomic mass is 16.7. The minimum atomic E-state index is -0.987. The maximum atomic E-state index is 10.7. The number of aliphatic hydroxyl groups is 4. The van der Waals surface area contributed by atoms with E-state index in [-0.39, 0.29) is 12.8 Å². The van der Waals surface area contributed by atoms with Gasteiger partial charge in [0.1, 0.15) is 18.3 Å². The van der Waals surface area contributed by atoms with Crippen LogP contribution in [0, 0.1) is 0 Å². The molecule has 0 radical (unpaired) electrons. The molecule has 0 saturated carbocycles. The average molecular weight is 499 g/mol. The minimum Gasteiger partial charge on any atom is -0.390 e. The summed E-state index contributed by atoms with van der Waals surface area (Å²) >= 11 is 0. The molecule has 35 heavy (non-hydrogen) atoms. The van der Waals surface area contributed by atoms with Gasteiger partial charge in [0.2, 0.25) is 0 Å². The van der Waals surface area contributed by atoms with Crippen molar-refractivity contribution in [2.24, 2.45) is 0 Å². The Kier molecular flexibility index (Phi) is 9.14. The van der Waals surface area contributed by atoms with Gasteiger partial charge in [-0.3, -0.25) is 0 Å². The molecule has 0 amide bonds. The van der Waals surface area contributed by atoms with Crippen molar-refractivity contribution < 1.29 is 48.8 Å². The zero-order valence-corrected chi connectivity index (χ0v) is 20.4. The summed E-state index contributed by atoms with van der Waals surface area (Å²) in [6.07, 6.45) is -8.21. The summed E-state index contributed by atoms with van der Waals surface area (Å²) in [5.41, 5.74) is 1.02. The van der Waals surface area contributed by atoms with E-state index >= 15 is 0 Å². The zero-order chi connectivity index (χ0) is 25.1. The third-order valence-corrected chi connectivity index (χ3v) is 6.91. The summed E-state index contributed by atoms with van der Waals surface area (Å²) in [7, 11) is 0. The lowest BCUT2D eigenvalue weighted by Gasteiger charge is -2.44. The van der Waals surface area contributed by atoms with Gasteiger partial charge in [-0.15, -0.1) is 0 Å². The van der Waals surface area contributed by atoms with Crippen molar-refractivity contribution in [2.75, 3.05) is 0 Å². The van der Waals surface area contributed by atoms with Crippen molar-refractivity contribution in [2.45, 2.75) is 120 Å². The second kappa shape index (κ2) is 11.9. The molecular formula is C25H38O10. The third-order valence-electron chi connectivity index (χ3n) is 6.91. The van der Waals surface area contributed by atoms with Crippen molar-refractivity contribution in [3.05, 3.63) is 35.9 Å². The van der Waals surface area contributed by atoms with Crippen molar-refractivity contribution in [1.29, 1.82) is 0 Å². The van der Waals surface area contributed by atoms with Crippen LogP contribution in [-0.4, -0.2) is 94.2 Å². The summed E-state index contributed by atoms with van der Waals surface area (Å²) in [5.74, 6) is 0. The van der Waals surface area contributed by atoms with Crippen molar-refractivity contribution >= 4 is 0 Å². The number of rotatable bonds is 7. The Bertz CT molecular complexity index is 769. The molecule has 0 aromatic heterocycles. The lowest BCUT2D eigenvalue weighted by molar-refractivity contribution is -0.328. The number of benzene rings is 1. The molecule has 0 aliphatic carbocycles. The second-order valence-corrected chi connectivity index (χ2v) is 9.70. The fourth-order valence-electron chi connectivity index (χ4n) is 4.75. The van der Waals surface area contributed by atoms with Gasteiger partial charge in [0.25, 0.3) is 0 Å². The number of ether oxygens (including phenoxy) is 6. The van der Waals surface area contributed by atoms with E-state index in [1.807, 2.05) is 30.3 Å². The molecule has 0 unspecified atom stereocenters. The van der Waals surface area contributed by atoms with E-state index in [2.05, 4.69) is 0 Å². The topological polar surface area (TPSA) is 136 Å². The molecule has 12 atom stereocenters. The first-order valence-electron chi connectivity index (χ1n) is 12.4. The molecule has 0 spiro atoms. The van der Waals surface area contributed by atoms with Crippen LogP contribution in [0.3, 0.4) is 0 Å². The number of hydrogen-bond acceptors (Lipinski definition) is 10. The van der Waals surface area contributed by atoms with Gasteiger partial charge in [-0.2, -0.15) is 0 Å². The maximum absolute atomic E-state index is 10.7. The highest BCUT2D eigenvalue weighted by Crippen LogP contribution is 2.32. The SMILES string of the molecule is C[C@@H]1O[C@@H](O[C@@H]2C[C@H](O[C@@H]3C[C@H](OCc4ccccc4)O[C@@H](C)[C@@H]3O)O[C@@H](C)[C@@H]2O)C[C@@H](O)[C@H]1O. The summed E-state index contributed by atoms with van der Waals surface area (Å²) in [6.45, 7) is 5.51. The first kappa shape index (κ1) is 26.9. The predicted octanol–water partition coefficient (Wildman–Crippen LogP) is 0.822. The van der Waals surface area contributed by atoms with E-state index in [0.29, 0.717) is 13.0 Å². The van der Waals surface area contributed by atoms with E-state index in [1.54, 1.807) is 20.8 Å². The molecular weight excluding hydrogens is 460 g/mol. The molecule has 10 heteroatoms. The van der Waals surface area contributed by atoms with Gasteiger partial charge >= 0.3 is 0 Å². The molecule has 198 valence electrons. The lowest BCUT2D eigenvalue weighted by Crippen LogP contribution is -2.55. The Morgan fingerprint density at radius 3 is 1.74 bits per heavy atom. The highest BCUT2D eigenvalue weighted by molar-refractivity contribution is 5.13. The number of hydrogen-bond donors (Lipinski definition) is 4. The van der Waals surface area contributed by atoms with Crippen LogP contribution in [0.4, 0.5) is 0 Å². The van der Waals surface area contributed by atoms with Gasteiger partial charge < -0.3 is 48.8 Å². The van der Waals surface area contributed by atoms with Gasteiger partial charge in [0, 0.05) is 19.3 Å². The zero-order valence-electron chi connectivity index (χ0n) is 20.4. The Hall–Kier alpha value is -1.18. The molecule has 1 aromatic carbocycles. The Morgan fingerprint density at radius 1 is 0.686 bits per heavy atom. The van der Waals surface area contributed by atoms with E-state index in [0.717, 1.165) is 5.56 Å². The highest BCUT2D eigenvalue weighted by Gasteiger charge is 2.44. The molecule has 3 saturated heterocycles. The van der Waals surface area contributed by atoms with E-state index in [1.165, 1.54) is 0 Å². The van der Waals surface area contributed by atoms with Crippen LogP contribution < -0.4 is 0 Å². The van der Waals surface area contributed by atoms with E-state index in [9.17, 15) is 20.4 Å². The summed E-state index contributed by atoms with van der Waals surface area (Å²) in [6, 6.07) is 9.75.